The summed E-state index contributed by atoms with van der Waals surface area (Å²) in [6, 6.07) is 13.0. The third-order valence-electron chi connectivity index (χ3n) is 3.27. The van der Waals surface area contributed by atoms with Crippen molar-refractivity contribution in [3.05, 3.63) is 64.7 Å². The molecular formula is C18H16ClF3N2O2S. The van der Waals surface area contributed by atoms with E-state index in [0.717, 1.165) is 5.56 Å². The van der Waals surface area contributed by atoms with E-state index >= 15 is 0 Å². The lowest BCUT2D eigenvalue weighted by atomic mass is 10.2. The Labute approximate surface area is 163 Å². The molecule has 0 aliphatic heterocycles. The minimum atomic E-state index is -4.48. The van der Waals surface area contributed by atoms with Gasteiger partial charge >= 0.3 is 6.18 Å². The minimum absolute atomic E-state index is 0.0332. The van der Waals surface area contributed by atoms with E-state index in [0.29, 0.717) is 16.5 Å². The van der Waals surface area contributed by atoms with Gasteiger partial charge in [0.1, 0.15) is 6.54 Å². The number of rotatable bonds is 7. The van der Waals surface area contributed by atoms with E-state index in [2.05, 4.69) is 5.32 Å². The summed E-state index contributed by atoms with van der Waals surface area (Å²) in [4.78, 5) is 23.7. The van der Waals surface area contributed by atoms with Crippen LogP contribution >= 0.6 is 23.4 Å². The van der Waals surface area contributed by atoms with Crippen LogP contribution in [0.4, 0.5) is 18.9 Å². The Morgan fingerprint density at radius 2 is 1.78 bits per heavy atom. The zero-order chi connectivity index (χ0) is 19.9. The summed E-state index contributed by atoms with van der Waals surface area (Å²) in [6.07, 6.45) is -4.48. The quantitative estimate of drug-likeness (QED) is 0.698. The van der Waals surface area contributed by atoms with Crippen LogP contribution in [-0.2, 0) is 10.5 Å². The summed E-state index contributed by atoms with van der Waals surface area (Å²) in [6.45, 7) is -1.41. The lowest BCUT2D eigenvalue weighted by Crippen LogP contribution is -2.33. The van der Waals surface area contributed by atoms with Crippen molar-refractivity contribution in [1.82, 2.24) is 5.32 Å². The van der Waals surface area contributed by atoms with Crippen LogP contribution in [0.1, 0.15) is 15.9 Å². The van der Waals surface area contributed by atoms with Gasteiger partial charge in [0.15, 0.2) is 0 Å². The van der Waals surface area contributed by atoms with Crippen LogP contribution in [-0.4, -0.2) is 30.3 Å². The maximum absolute atomic E-state index is 12.2. The van der Waals surface area contributed by atoms with Gasteiger partial charge in [-0.2, -0.15) is 13.2 Å². The van der Waals surface area contributed by atoms with Crippen LogP contribution in [0.15, 0.2) is 48.5 Å². The highest BCUT2D eigenvalue weighted by molar-refractivity contribution is 7.99. The predicted molar refractivity (Wildman–Crippen MR) is 101 cm³/mol. The Kier molecular flexibility index (Phi) is 7.55. The standard InChI is InChI=1S/C18H16ClF3N2O2S/c19-14-6-4-12(5-7-14)9-27-10-16(25)24-15-3-1-2-13(8-15)17(26)23-11-18(20,21)22/h1-8H,9-11H2,(H,23,26)(H,24,25). The van der Waals surface area contributed by atoms with Gasteiger partial charge in [0.2, 0.25) is 5.91 Å². The number of benzene rings is 2. The monoisotopic (exact) mass is 416 g/mol. The number of amides is 2. The van der Waals surface area contributed by atoms with Crippen molar-refractivity contribution in [3.63, 3.8) is 0 Å². The summed E-state index contributed by atoms with van der Waals surface area (Å²) in [5.74, 6) is -0.320. The molecule has 2 aromatic rings. The van der Waals surface area contributed by atoms with Crippen molar-refractivity contribution < 1.29 is 22.8 Å². The number of thioether (sulfide) groups is 1. The molecule has 0 spiro atoms. The molecule has 9 heteroatoms. The van der Waals surface area contributed by atoms with Crippen molar-refractivity contribution in [1.29, 1.82) is 0 Å². The van der Waals surface area contributed by atoms with E-state index in [9.17, 15) is 22.8 Å². The highest BCUT2D eigenvalue weighted by Crippen LogP contribution is 2.17. The number of nitrogens with one attached hydrogen (secondary N) is 2. The SMILES string of the molecule is O=C(CSCc1ccc(Cl)cc1)Nc1cccc(C(=O)NCC(F)(F)F)c1. The molecule has 0 aromatic heterocycles. The molecule has 0 unspecified atom stereocenters. The van der Waals surface area contributed by atoms with Crippen molar-refractivity contribution >= 4 is 40.9 Å². The van der Waals surface area contributed by atoms with Gasteiger partial charge in [-0.1, -0.05) is 29.8 Å². The molecule has 0 saturated heterocycles. The van der Waals surface area contributed by atoms with Crippen LogP contribution in [0, 0.1) is 0 Å². The van der Waals surface area contributed by atoms with E-state index in [1.54, 1.807) is 23.5 Å². The first kappa shape index (κ1) is 21.1. The molecule has 0 heterocycles. The van der Waals surface area contributed by atoms with Gasteiger partial charge in [-0.25, -0.2) is 0 Å². The average molecular weight is 417 g/mol. The largest absolute Gasteiger partial charge is 0.405 e. The van der Waals surface area contributed by atoms with Crippen LogP contribution in [0.25, 0.3) is 0 Å². The lowest BCUT2D eigenvalue weighted by Gasteiger charge is -2.10. The number of halogens is 4. The second-order valence-corrected chi connectivity index (χ2v) is 6.97. The molecule has 0 atom stereocenters. The first-order valence-corrected chi connectivity index (χ1v) is 9.33. The first-order valence-electron chi connectivity index (χ1n) is 7.80. The van der Waals surface area contributed by atoms with Crippen molar-refractivity contribution in [2.75, 3.05) is 17.6 Å². The summed E-state index contributed by atoms with van der Waals surface area (Å²) in [5, 5.41) is 5.05. The molecule has 0 bridgehead atoms. The number of hydrogen-bond donors (Lipinski definition) is 2. The Balaban J connectivity index is 1.83. The second kappa shape index (κ2) is 9.66. The van der Waals surface area contributed by atoms with Gasteiger partial charge in [0.25, 0.3) is 5.91 Å². The van der Waals surface area contributed by atoms with E-state index in [-0.39, 0.29) is 17.2 Å². The molecule has 0 fully saturated rings. The molecule has 0 saturated carbocycles. The molecular weight excluding hydrogens is 401 g/mol. The molecule has 0 radical (unpaired) electrons. The summed E-state index contributed by atoms with van der Waals surface area (Å²) >= 11 is 7.21. The first-order chi connectivity index (χ1) is 12.7. The Morgan fingerprint density at radius 1 is 1.07 bits per heavy atom. The highest BCUT2D eigenvalue weighted by Gasteiger charge is 2.27. The zero-order valence-electron chi connectivity index (χ0n) is 14.0. The topological polar surface area (TPSA) is 58.2 Å². The van der Waals surface area contributed by atoms with Gasteiger partial charge < -0.3 is 10.6 Å². The number of alkyl halides is 3. The van der Waals surface area contributed by atoms with Gasteiger partial charge in [0.05, 0.1) is 5.75 Å². The zero-order valence-corrected chi connectivity index (χ0v) is 15.5. The normalized spacial score (nSPS) is 11.1. The molecule has 27 heavy (non-hydrogen) atoms. The summed E-state index contributed by atoms with van der Waals surface area (Å²) < 4.78 is 36.5. The van der Waals surface area contributed by atoms with Gasteiger partial charge in [-0.15, -0.1) is 11.8 Å². The van der Waals surface area contributed by atoms with E-state index in [4.69, 9.17) is 11.6 Å². The van der Waals surface area contributed by atoms with E-state index < -0.39 is 18.6 Å². The lowest BCUT2D eigenvalue weighted by molar-refractivity contribution is -0.123. The third-order valence-corrected chi connectivity index (χ3v) is 4.53. The number of hydrogen-bond acceptors (Lipinski definition) is 3. The predicted octanol–water partition coefficient (Wildman–Crippen LogP) is 4.50. The fourth-order valence-corrected chi connectivity index (χ4v) is 2.97. The molecule has 2 rings (SSSR count). The highest BCUT2D eigenvalue weighted by atomic mass is 35.5. The maximum Gasteiger partial charge on any atom is 0.405 e. The Morgan fingerprint density at radius 3 is 2.44 bits per heavy atom. The molecule has 4 nitrogen and oxygen atoms in total. The Hall–Kier alpha value is -2.19. The number of carbonyl (C=O) groups excluding carboxylic acids is 2. The molecule has 0 aliphatic rings. The van der Waals surface area contributed by atoms with Crippen molar-refractivity contribution in [2.45, 2.75) is 11.9 Å². The summed E-state index contributed by atoms with van der Waals surface area (Å²) in [7, 11) is 0. The third kappa shape index (κ3) is 7.92. The fraction of sp³-hybridized carbons (Fsp3) is 0.222. The van der Waals surface area contributed by atoms with Crippen LogP contribution < -0.4 is 10.6 Å². The molecule has 2 amide bonds. The minimum Gasteiger partial charge on any atom is -0.343 e. The van der Waals surface area contributed by atoms with E-state index in [1.165, 1.54) is 30.0 Å². The van der Waals surface area contributed by atoms with Crippen LogP contribution in [0.3, 0.4) is 0 Å². The van der Waals surface area contributed by atoms with Gasteiger partial charge in [0, 0.05) is 22.0 Å². The smallest absolute Gasteiger partial charge is 0.343 e. The Bertz CT molecular complexity index is 798. The molecule has 2 aromatic carbocycles. The van der Waals surface area contributed by atoms with Crippen molar-refractivity contribution in [3.8, 4) is 0 Å². The summed E-state index contributed by atoms with van der Waals surface area (Å²) in [5.41, 5.74) is 1.40. The molecule has 144 valence electrons. The molecule has 2 N–H and O–H groups in total. The second-order valence-electron chi connectivity index (χ2n) is 5.55. The van der Waals surface area contributed by atoms with Gasteiger partial charge in [-0.3, -0.25) is 9.59 Å². The van der Waals surface area contributed by atoms with Crippen molar-refractivity contribution in [2.24, 2.45) is 0 Å². The van der Waals surface area contributed by atoms with Crippen LogP contribution in [0.5, 0.6) is 0 Å². The number of anilines is 1. The van der Waals surface area contributed by atoms with Gasteiger partial charge in [-0.05, 0) is 35.9 Å². The average Bonchev–Trinajstić information content (AvgIpc) is 2.61. The fourth-order valence-electron chi connectivity index (χ4n) is 2.06. The van der Waals surface area contributed by atoms with Crippen LogP contribution in [0.2, 0.25) is 5.02 Å². The molecule has 0 aliphatic carbocycles. The van der Waals surface area contributed by atoms with E-state index in [1.807, 2.05) is 12.1 Å². The maximum atomic E-state index is 12.2. The number of carbonyl (C=O) groups is 2.